The number of halogens is 1. The Balaban J connectivity index is 2.42. The Kier molecular flexibility index (Phi) is 3.02. The Labute approximate surface area is 68.6 Å². The molecule has 1 aromatic rings. The second kappa shape index (κ2) is 3.83. The Morgan fingerprint density at radius 2 is 2.50 bits per heavy atom. The fourth-order valence-corrected chi connectivity index (χ4v) is 1.32. The summed E-state index contributed by atoms with van der Waals surface area (Å²) in [5.74, 6) is 2.34. The van der Waals surface area contributed by atoms with Crippen LogP contribution >= 0.6 is 23.4 Å². The van der Waals surface area contributed by atoms with Crippen LogP contribution in [-0.4, -0.2) is 26.8 Å². The zero-order chi connectivity index (χ0) is 7.40. The van der Waals surface area contributed by atoms with Crippen LogP contribution in [-0.2, 0) is 0 Å². The van der Waals surface area contributed by atoms with Crippen molar-refractivity contribution in [1.82, 2.24) is 15.2 Å². The number of nitrogens with one attached hydrogen (secondary N) is 1. The molecule has 0 aliphatic heterocycles. The van der Waals surface area contributed by atoms with E-state index in [1.165, 1.54) is 0 Å². The highest BCUT2D eigenvalue weighted by Gasteiger charge is 1.97. The van der Waals surface area contributed by atoms with Gasteiger partial charge in [-0.3, -0.25) is 5.10 Å². The molecule has 0 aromatic carbocycles. The van der Waals surface area contributed by atoms with Gasteiger partial charge in [-0.25, -0.2) is 4.98 Å². The van der Waals surface area contributed by atoms with Crippen LogP contribution in [0.25, 0.3) is 0 Å². The van der Waals surface area contributed by atoms with Crippen molar-refractivity contribution in [3.8, 4) is 0 Å². The summed E-state index contributed by atoms with van der Waals surface area (Å²) in [6.45, 7) is 1.87. The third kappa shape index (κ3) is 2.19. The highest BCUT2D eigenvalue weighted by molar-refractivity contribution is 7.99. The van der Waals surface area contributed by atoms with E-state index in [0.717, 1.165) is 16.7 Å². The lowest BCUT2D eigenvalue weighted by atomic mass is 10.8. The average Bonchev–Trinajstić information content (AvgIpc) is 2.31. The van der Waals surface area contributed by atoms with E-state index in [1.54, 1.807) is 11.8 Å². The van der Waals surface area contributed by atoms with Gasteiger partial charge in [-0.15, -0.1) is 16.7 Å². The van der Waals surface area contributed by atoms with E-state index in [4.69, 9.17) is 11.6 Å². The van der Waals surface area contributed by atoms with Crippen molar-refractivity contribution in [3.05, 3.63) is 5.82 Å². The number of alkyl halides is 1. The van der Waals surface area contributed by atoms with E-state index >= 15 is 0 Å². The maximum atomic E-state index is 5.47. The highest BCUT2D eigenvalue weighted by Crippen LogP contribution is 2.11. The molecule has 0 atom stereocenters. The van der Waals surface area contributed by atoms with Crippen LogP contribution in [0.2, 0.25) is 0 Å². The molecule has 0 fully saturated rings. The molecular formula is C5H8ClN3S. The quantitative estimate of drug-likeness (QED) is 0.561. The fourth-order valence-electron chi connectivity index (χ4n) is 0.517. The van der Waals surface area contributed by atoms with Crippen LogP contribution in [0.3, 0.4) is 0 Å². The molecule has 0 amide bonds. The molecule has 0 saturated carbocycles. The average molecular weight is 178 g/mol. The molecule has 0 spiro atoms. The zero-order valence-electron chi connectivity index (χ0n) is 5.59. The van der Waals surface area contributed by atoms with Gasteiger partial charge >= 0.3 is 0 Å². The minimum Gasteiger partial charge on any atom is -0.262 e. The molecule has 0 aliphatic rings. The third-order valence-corrected chi connectivity index (χ3v) is 2.15. The summed E-state index contributed by atoms with van der Waals surface area (Å²) >= 11 is 7.03. The van der Waals surface area contributed by atoms with Crippen LogP contribution in [0.5, 0.6) is 0 Å². The minimum absolute atomic E-state index is 0.637. The summed E-state index contributed by atoms with van der Waals surface area (Å²) < 4.78 is 0. The molecule has 0 unspecified atom stereocenters. The summed E-state index contributed by atoms with van der Waals surface area (Å²) in [5.41, 5.74) is 0. The Bertz CT molecular complexity index is 201. The lowest BCUT2D eigenvalue weighted by molar-refractivity contribution is 0.970. The molecule has 0 radical (unpaired) electrons. The molecule has 3 nitrogen and oxygen atoms in total. The fraction of sp³-hybridized carbons (Fsp3) is 0.600. The Morgan fingerprint density at radius 3 is 3.00 bits per heavy atom. The van der Waals surface area contributed by atoms with Gasteiger partial charge in [-0.2, -0.15) is 0 Å². The van der Waals surface area contributed by atoms with Crippen molar-refractivity contribution in [2.45, 2.75) is 12.1 Å². The maximum absolute atomic E-state index is 5.47. The summed E-state index contributed by atoms with van der Waals surface area (Å²) in [5, 5.41) is 7.45. The van der Waals surface area contributed by atoms with Gasteiger partial charge in [-0.05, 0) is 6.92 Å². The second-order valence-electron chi connectivity index (χ2n) is 1.74. The predicted molar refractivity (Wildman–Crippen MR) is 42.6 cm³/mol. The molecule has 56 valence electrons. The number of nitrogens with zero attached hydrogens (tertiary/aromatic N) is 2. The molecule has 0 aliphatic carbocycles. The second-order valence-corrected chi connectivity index (χ2v) is 3.18. The molecule has 1 N–H and O–H groups in total. The largest absolute Gasteiger partial charge is 0.262 e. The van der Waals surface area contributed by atoms with Gasteiger partial charge in [0.1, 0.15) is 5.82 Å². The summed E-state index contributed by atoms with van der Waals surface area (Å²) in [7, 11) is 0. The third-order valence-electron chi connectivity index (χ3n) is 0.885. The van der Waals surface area contributed by atoms with E-state index in [9.17, 15) is 0 Å². The van der Waals surface area contributed by atoms with E-state index in [2.05, 4.69) is 15.2 Å². The van der Waals surface area contributed by atoms with Crippen molar-refractivity contribution in [2.24, 2.45) is 0 Å². The predicted octanol–water partition coefficient (Wildman–Crippen LogP) is 1.44. The van der Waals surface area contributed by atoms with E-state index in [-0.39, 0.29) is 0 Å². The number of aromatic nitrogens is 3. The maximum Gasteiger partial charge on any atom is 0.208 e. The topological polar surface area (TPSA) is 41.6 Å². The van der Waals surface area contributed by atoms with Crippen molar-refractivity contribution < 1.29 is 0 Å². The first-order valence-corrected chi connectivity index (χ1v) is 4.42. The molecule has 0 saturated heterocycles. The number of aryl methyl sites for hydroxylation is 1. The number of aromatic amines is 1. The normalized spacial score (nSPS) is 10.2. The van der Waals surface area contributed by atoms with E-state index in [0.29, 0.717) is 5.88 Å². The first-order chi connectivity index (χ1) is 4.83. The van der Waals surface area contributed by atoms with Crippen LogP contribution in [0.4, 0.5) is 0 Å². The number of rotatable bonds is 3. The van der Waals surface area contributed by atoms with Gasteiger partial charge in [-0.1, -0.05) is 11.8 Å². The number of thioether (sulfide) groups is 1. The van der Waals surface area contributed by atoms with E-state index in [1.807, 2.05) is 6.92 Å². The molecule has 10 heavy (non-hydrogen) atoms. The van der Waals surface area contributed by atoms with Crippen molar-refractivity contribution in [3.63, 3.8) is 0 Å². The smallest absolute Gasteiger partial charge is 0.208 e. The van der Waals surface area contributed by atoms with Gasteiger partial charge in [0, 0.05) is 11.6 Å². The zero-order valence-corrected chi connectivity index (χ0v) is 7.17. The van der Waals surface area contributed by atoms with Crippen LogP contribution in [0, 0.1) is 6.92 Å². The van der Waals surface area contributed by atoms with Gasteiger partial charge in [0.15, 0.2) is 0 Å². The molecule has 0 bridgehead atoms. The lowest BCUT2D eigenvalue weighted by Gasteiger charge is -1.86. The number of H-pyrrole nitrogens is 1. The van der Waals surface area contributed by atoms with Gasteiger partial charge in [0.2, 0.25) is 5.16 Å². The number of hydrogen-bond acceptors (Lipinski definition) is 3. The lowest BCUT2D eigenvalue weighted by Crippen LogP contribution is -1.80. The molecule has 1 aromatic heterocycles. The summed E-state index contributed by atoms with van der Waals surface area (Å²) in [6.07, 6.45) is 0. The first kappa shape index (κ1) is 7.88. The highest BCUT2D eigenvalue weighted by atomic mass is 35.5. The summed E-state index contributed by atoms with van der Waals surface area (Å²) in [4.78, 5) is 4.09. The molecule has 5 heteroatoms. The van der Waals surface area contributed by atoms with Crippen LogP contribution in [0.1, 0.15) is 5.82 Å². The minimum atomic E-state index is 0.637. The SMILES string of the molecule is Cc1nc(SCCCl)n[nH]1. The molecule has 1 heterocycles. The van der Waals surface area contributed by atoms with Gasteiger partial charge in [0.05, 0.1) is 0 Å². The standard InChI is InChI=1S/C5H8ClN3S/c1-4-7-5(9-8-4)10-3-2-6/h2-3H2,1H3,(H,7,8,9). The molecule has 1 rings (SSSR count). The van der Waals surface area contributed by atoms with Gasteiger partial charge in [0.25, 0.3) is 0 Å². The van der Waals surface area contributed by atoms with Crippen molar-refractivity contribution in [1.29, 1.82) is 0 Å². The summed E-state index contributed by atoms with van der Waals surface area (Å²) in [6, 6.07) is 0. The number of hydrogen-bond donors (Lipinski definition) is 1. The van der Waals surface area contributed by atoms with Gasteiger partial charge < -0.3 is 0 Å². The van der Waals surface area contributed by atoms with Crippen LogP contribution in [0.15, 0.2) is 5.16 Å². The Hall–Kier alpha value is -0.220. The van der Waals surface area contributed by atoms with Crippen molar-refractivity contribution in [2.75, 3.05) is 11.6 Å². The Morgan fingerprint density at radius 1 is 1.70 bits per heavy atom. The van der Waals surface area contributed by atoms with E-state index < -0.39 is 0 Å². The van der Waals surface area contributed by atoms with Crippen molar-refractivity contribution >= 4 is 23.4 Å². The monoisotopic (exact) mass is 177 g/mol. The van der Waals surface area contributed by atoms with Crippen LogP contribution < -0.4 is 0 Å². The molecular weight excluding hydrogens is 170 g/mol. The first-order valence-electron chi connectivity index (χ1n) is 2.90.